The van der Waals surface area contributed by atoms with Crippen LogP contribution in [0.3, 0.4) is 0 Å². The van der Waals surface area contributed by atoms with Gasteiger partial charge in [0.1, 0.15) is 0 Å². The molecule has 2 aromatic rings. The van der Waals surface area contributed by atoms with Crippen molar-refractivity contribution in [3.8, 4) is 11.6 Å². The minimum Gasteiger partial charge on any atom is -0.339 e. The van der Waals surface area contributed by atoms with E-state index in [4.69, 9.17) is 4.52 Å². The zero-order chi connectivity index (χ0) is 14.0. The van der Waals surface area contributed by atoms with Gasteiger partial charge in [0, 0.05) is 31.4 Å². The molecule has 0 bridgehead atoms. The summed E-state index contributed by atoms with van der Waals surface area (Å²) in [6.07, 6.45) is 3.56. The van der Waals surface area contributed by atoms with Crippen molar-refractivity contribution in [3.63, 3.8) is 0 Å². The fraction of sp³-hybridized carbons (Fsp3) is 0.455. The fourth-order valence-electron chi connectivity index (χ4n) is 2.05. The molecule has 2 aromatic heterocycles. The summed E-state index contributed by atoms with van der Waals surface area (Å²) in [7, 11) is -2.97. The maximum Gasteiger partial charge on any atom is 0.240 e. The molecule has 0 amide bonds. The summed E-state index contributed by atoms with van der Waals surface area (Å²) in [4.78, 5) is 12.2. The molecule has 1 aliphatic heterocycles. The van der Waals surface area contributed by atoms with Gasteiger partial charge in [0.25, 0.3) is 0 Å². The SMILES string of the molecule is O=S1(=O)CCNC(Cc2nc(-c3ncccn3)no2)C1. The molecule has 0 spiro atoms. The van der Waals surface area contributed by atoms with Crippen LogP contribution >= 0.6 is 0 Å². The Labute approximate surface area is 115 Å². The van der Waals surface area contributed by atoms with Gasteiger partial charge < -0.3 is 9.84 Å². The van der Waals surface area contributed by atoms with Crippen molar-refractivity contribution in [2.45, 2.75) is 12.5 Å². The van der Waals surface area contributed by atoms with Crippen LogP contribution in [0.15, 0.2) is 23.0 Å². The maximum absolute atomic E-state index is 11.6. The summed E-state index contributed by atoms with van der Waals surface area (Å²) in [6, 6.07) is 1.50. The molecule has 1 unspecified atom stereocenters. The van der Waals surface area contributed by atoms with Gasteiger partial charge in [-0.1, -0.05) is 5.16 Å². The number of aromatic nitrogens is 4. The predicted octanol–water partition coefficient (Wildman–Crippen LogP) is -0.544. The molecule has 3 heterocycles. The van der Waals surface area contributed by atoms with E-state index in [0.717, 1.165) is 0 Å². The van der Waals surface area contributed by atoms with E-state index in [9.17, 15) is 8.42 Å². The number of sulfone groups is 1. The number of rotatable bonds is 3. The van der Waals surface area contributed by atoms with Crippen molar-refractivity contribution >= 4 is 9.84 Å². The molecule has 0 aromatic carbocycles. The van der Waals surface area contributed by atoms with Gasteiger partial charge in [-0.25, -0.2) is 18.4 Å². The zero-order valence-corrected chi connectivity index (χ0v) is 11.4. The highest BCUT2D eigenvalue weighted by atomic mass is 32.2. The average Bonchev–Trinajstić information content (AvgIpc) is 2.87. The standard InChI is InChI=1S/C11H13N5O3S/c17-20(18)5-4-12-8(7-20)6-9-15-11(16-19-9)10-13-2-1-3-14-10/h1-3,8,12H,4-7H2. The Bertz CT molecular complexity index is 685. The molecule has 0 saturated carbocycles. The Morgan fingerprint density at radius 2 is 2.10 bits per heavy atom. The van der Waals surface area contributed by atoms with Crippen molar-refractivity contribution in [3.05, 3.63) is 24.4 Å². The third-order valence-corrected chi connectivity index (χ3v) is 4.69. The Hall–Kier alpha value is -1.87. The first-order chi connectivity index (χ1) is 9.62. The topological polar surface area (TPSA) is 111 Å². The van der Waals surface area contributed by atoms with Gasteiger partial charge in [-0.2, -0.15) is 4.98 Å². The van der Waals surface area contributed by atoms with Crippen LogP contribution in [0.1, 0.15) is 5.89 Å². The second-order valence-electron chi connectivity index (χ2n) is 4.55. The molecule has 1 N–H and O–H groups in total. The van der Waals surface area contributed by atoms with Crippen LogP contribution in [0.25, 0.3) is 11.6 Å². The van der Waals surface area contributed by atoms with E-state index >= 15 is 0 Å². The Morgan fingerprint density at radius 3 is 2.85 bits per heavy atom. The highest BCUT2D eigenvalue weighted by Crippen LogP contribution is 2.12. The van der Waals surface area contributed by atoms with Crippen LogP contribution in [0.2, 0.25) is 0 Å². The molecule has 8 nitrogen and oxygen atoms in total. The van der Waals surface area contributed by atoms with E-state index in [1.807, 2.05) is 0 Å². The van der Waals surface area contributed by atoms with Crippen molar-refractivity contribution in [2.75, 3.05) is 18.1 Å². The van der Waals surface area contributed by atoms with Gasteiger partial charge in [0.05, 0.1) is 11.5 Å². The van der Waals surface area contributed by atoms with Crippen molar-refractivity contribution < 1.29 is 12.9 Å². The van der Waals surface area contributed by atoms with E-state index in [1.54, 1.807) is 18.5 Å². The van der Waals surface area contributed by atoms with Crippen LogP contribution in [-0.4, -0.2) is 52.6 Å². The van der Waals surface area contributed by atoms with Crippen LogP contribution in [0, 0.1) is 0 Å². The second-order valence-corrected chi connectivity index (χ2v) is 6.78. The smallest absolute Gasteiger partial charge is 0.240 e. The van der Waals surface area contributed by atoms with Gasteiger partial charge >= 0.3 is 0 Å². The van der Waals surface area contributed by atoms with Crippen LogP contribution in [-0.2, 0) is 16.3 Å². The minimum atomic E-state index is -2.97. The summed E-state index contributed by atoms with van der Waals surface area (Å²) >= 11 is 0. The number of nitrogens with one attached hydrogen (secondary N) is 1. The fourth-order valence-corrected chi connectivity index (χ4v) is 3.50. The summed E-state index contributed by atoms with van der Waals surface area (Å²) < 4.78 is 28.2. The number of hydrogen-bond donors (Lipinski definition) is 1. The number of hydrogen-bond acceptors (Lipinski definition) is 8. The normalized spacial score (nSPS) is 21.7. The average molecular weight is 295 g/mol. The van der Waals surface area contributed by atoms with Gasteiger partial charge in [-0.3, -0.25) is 0 Å². The van der Waals surface area contributed by atoms with Crippen LogP contribution in [0.4, 0.5) is 0 Å². The summed E-state index contributed by atoms with van der Waals surface area (Å²) in [5, 5.41) is 6.93. The van der Waals surface area contributed by atoms with Crippen molar-refractivity contribution in [1.82, 2.24) is 25.4 Å². The summed E-state index contributed by atoms with van der Waals surface area (Å²) in [6.45, 7) is 0.454. The Kier molecular flexibility index (Phi) is 3.45. The van der Waals surface area contributed by atoms with Gasteiger partial charge in [0.15, 0.2) is 9.84 Å². The Morgan fingerprint density at radius 1 is 1.30 bits per heavy atom. The third-order valence-electron chi connectivity index (χ3n) is 2.96. The first-order valence-corrected chi connectivity index (χ1v) is 7.98. The molecule has 106 valence electrons. The lowest BCUT2D eigenvalue weighted by Crippen LogP contribution is -2.46. The third kappa shape index (κ3) is 2.99. The monoisotopic (exact) mass is 295 g/mol. The first kappa shape index (κ1) is 13.1. The van der Waals surface area contributed by atoms with E-state index in [-0.39, 0.29) is 17.5 Å². The summed E-state index contributed by atoms with van der Waals surface area (Å²) in [5.74, 6) is 1.33. The van der Waals surface area contributed by atoms with E-state index in [1.165, 1.54) is 0 Å². The van der Waals surface area contributed by atoms with Gasteiger partial charge in [-0.05, 0) is 6.07 Å². The van der Waals surface area contributed by atoms with E-state index in [0.29, 0.717) is 30.5 Å². The lowest BCUT2D eigenvalue weighted by molar-refractivity contribution is 0.361. The lowest BCUT2D eigenvalue weighted by Gasteiger charge is -2.21. The molecular formula is C11H13N5O3S. The first-order valence-electron chi connectivity index (χ1n) is 6.16. The molecule has 1 aliphatic rings. The van der Waals surface area contributed by atoms with Gasteiger partial charge in [0.2, 0.25) is 17.5 Å². The Balaban J connectivity index is 1.72. The molecule has 1 atom stereocenters. The summed E-state index contributed by atoms with van der Waals surface area (Å²) in [5.41, 5.74) is 0. The molecule has 20 heavy (non-hydrogen) atoms. The van der Waals surface area contributed by atoms with Gasteiger partial charge in [-0.15, -0.1) is 0 Å². The minimum absolute atomic E-state index is 0.0898. The van der Waals surface area contributed by atoms with Crippen LogP contribution < -0.4 is 5.32 Å². The lowest BCUT2D eigenvalue weighted by atomic mass is 10.2. The molecular weight excluding hydrogens is 282 g/mol. The van der Waals surface area contributed by atoms with E-state index in [2.05, 4.69) is 25.4 Å². The predicted molar refractivity (Wildman–Crippen MR) is 69.5 cm³/mol. The van der Waals surface area contributed by atoms with Crippen molar-refractivity contribution in [2.24, 2.45) is 0 Å². The molecule has 1 saturated heterocycles. The maximum atomic E-state index is 11.6. The second kappa shape index (κ2) is 5.25. The van der Waals surface area contributed by atoms with Crippen LogP contribution in [0.5, 0.6) is 0 Å². The number of nitrogens with zero attached hydrogens (tertiary/aromatic N) is 4. The largest absolute Gasteiger partial charge is 0.339 e. The van der Waals surface area contributed by atoms with Crippen molar-refractivity contribution in [1.29, 1.82) is 0 Å². The zero-order valence-electron chi connectivity index (χ0n) is 10.6. The highest BCUT2D eigenvalue weighted by molar-refractivity contribution is 7.91. The quantitative estimate of drug-likeness (QED) is 0.803. The molecule has 3 rings (SSSR count). The van der Waals surface area contributed by atoms with E-state index < -0.39 is 9.84 Å². The molecule has 0 radical (unpaired) electrons. The molecule has 9 heteroatoms. The molecule has 1 fully saturated rings. The highest BCUT2D eigenvalue weighted by Gasteiger charge is 2.26. The molecule has 0 aliphatic carbocycles.